The molecule has 1 aromatic rings. The summed E-state index contributed by atoms with van der Waals surface area (Å²) in [6, 6.07) is -0.794. The number of aliphatic carboxylic acids is 1. The van der Waals surface area contributed by atoms with Crippen LogP contribution in [0.15, 0.2) is 59.4 Å². The van der Waals surface area contributed by atoms with Crippen LogP contribution in [0.4, 0.5) is 0 Å². The molecule has 2 saturated carbocycles. The van der Waals surface area contributed by atoms with Crippen LogP contribution in [-0.2, 0) is 23.9 Å². The van der Waals surface area contributed by atoms with Crippen molar-refractivity contribution >= 4 is 58.2 Å². The number of nitrogens with one attached hydrogen (secondary N) is 2. The monoisotopic (exact) mass is 842 g/mol. The number of aliphatic hydroxyl groups excluding tert-OH is 2. The summed E-state index contributed by atoms with van der Waals surface area (Å²) in [5.41, 5.74) is -2.36. The van der Waals surface area contributed by atoms with Crippen molar-refractivity contribution in [2.45, 2.75) is 103 Å². The molecule has 57 heavy (non-hydrogen) atoms. The molecule has 14 heteroatoms. The third-order valence-electron chi connectivity index (χ3n) is 14.5. The van der Waals surface area contributed by atoms with Gasteiger partial charge in [0.25, 0.3) is 5.91 Å². The van der Waals surface area contributed by atoms with E-state index in [1.807, 2.05) is 32.1 Å². The summed E-state index contributed by atoms with van der Waals surface area (Å²) in [6.45, 7) is 7.54. The minimum Gasteiger partial charge on any atom is -0.511 e. The predicted molar refractivity (Wildman–Crippen MR) is 213 cm³/mol. The van der Waals surface area contributed by atoms with Gasteiger partial charge < -0.3 is 35.1 Å². The number of allylic oxidation sites excluding steroid dienone is 8. The van der Waals surface area contributed by atoms with Crippen molar-refractivity contribution in [1.82, 2.24) is 10.3 Å². The van der Waals surface area contributed by atoms with Crippen molar-refractivity contribution in [2.75, 3.05) is 0 Å². The number of ether oxygens (including phenoxy) is 2. The van der Waals surface area contributed by atoms with Crippen molar-refractivity contribution < 1.29 is 44.0 Å². The van der Waals surface area contributed by atoms with Gasteiger partial charge in [-0.3, -0.25) is 14.4 Å². The van der Waals surface area contributed by atoms with E-state index in [4.69, 9.17) is 44.3 Å². The molecule has 5 N–H and O–H groups in total. The number of amides is 1. The van der Waals surface area contributed by atoms with Gasteiger partial charge in [-0.1, -0.05) is 98.1 Å². The van der Waals surface area contributed by atoms with E-state index < -0.39 is 82.3 Å². The number of carboxylic acids is 1. The van der Waals surface area contributed by atoms with Crippen molar-refractivity contribution in [2.24, 2.45) is 52.3 Å². The maximum atomic E-state index is 15.2. The lowest BCUT2D eigenvalue weighted by molar-refractivity contribution is -0.262. The molecule has 306 valence electrons. The van der Waals surface area contributed by atoms with E-state index >= 15 is 4.79 Å². The Kier molecular flexibility index (Phi) is 10.3. The lowest BCUT2D eigenvalue weighted by atomic mass is 9.58. The number of carbonyl (C=O) groups is 4. The quantitative estimate of drug-likeness (QED) is 0.142. The number of carbonyl (C=O) groups excluding carboxylic acids is 3. The van der Waals surface area contributed by atoms with Gasteiger partial charge in [-0.25, -0.2) is 4.79 Å². The van der Waals surface area contributed by atoms with Crippen LogP contribution in [-0.4, -0.2) is 73.9 Å². The van der Waals surface area contributed by atoms with E-state index in [2.05, 4.69) is 35.5 Å². The molecule has 14 atom stereocenters. The van der Waals surface area contributed by atoms with Crippen LogP contribution in [0.5, 0.6) is 0 Å². The highest BCUT2D eigenvalue weighted by Crippen LogP contribution is 2.75. The third kappa shape index (κ3) is 6.16. The standard InChI is InChI=1S/C43H49Cl3N2O9/c1-5-22-23(40(54)55)17-41(4)14-9-7-6-8-10-21-13-15-42-18-43(42,19(2)11-12-24(42)27(21)35(50)29-36(51)28(22)30(41)37(29)52)57-26-16-25(49)33(20(3)56-26)48-39(53)34-31(44)32(45)38(46)47-34/h6,8-9,13-15,17,19-22,24-28,30,33,47,49,51H,5,7,10-12,16,18H2,1-4H3,(H,48,53)(H,54,55)/b8-6+,14-9+/t19-,20?,21+,22+,24-,25?,26?,27?,28?,30?,33?,41-,42+,43-/m0/s1. The van der Waals surface area contributed by atoms with Gasteiger partial charge in [0.15, 0.2) is 17.9 Å². The molecule has 1 amide bonds. The van der Waals surface area contributed by atoms with E-state index in [9.17, 15) is 29.7 Å². The average molecular weight is 844 g/mol. The van der Waals surface area contributed by atoms with Crippen molar-refractivity contribution in [3.05, 3.63) is 80.3 Å². The smallest absolute Gasteiger partial charge is 0.331 e. The summed E-state index contributed by atoms with van der Waals surface area (Å²) in [5, 5.41) is 36.5. The number of Topliss-reactive ketones (excluding diaryl/α,β-unsaturated/α-hetero) is 2. The fraction of sp³-hybridized carbons (Fsp3) is 0.581. The largest absolute Gasteiger partial charge is 0.511 e. The molecule has 1 aromatic heterocycles. The molecule has 8 rings (SSSR count). The van der Waals surface area contributed by atoms with Crippen LogP contribution < -0.4 is 5.32 Å². The van der Waals surface area contributed by atoms with Gasteiger partial charge >= 0.3 is 5.97 Å². The first kappa shape index (κ1) is 40.6. The molecule has 2 bridgehead atoms. The highest BCUT2D eigenvalue weighted by molar-refractivity contribution is 6.49. The number of rotatable bonds is 6. The Morgan fingerprint density at radius 2 is 1.81 bits per heavy atom. The molecule has 7 aliphatic rings. The molecule has 1 saturated heterocycles. The van der Waals surface area contributed by atoms with E-state index in [-0.39, 0.29) is 67.8 Å². The van der Waals surface area contributed by atoms with E-state index in [1.165, 1.54) is 0 Å². The molecule has 0 radical (unpaired) electrons. The van der Waals surface area contributed by atoms with E-state index in [0.29, 0.717) is 32.1 Å². The Labute approximate surface area is 346 Å². The summed E-state index contributed by atoms with van der Waals surface area (Å²) in [4.78, 5) is 58.2. The van der Waals surface area contributed by atoms with Gasteiger partial charge in [-0.05, 0) is 63.2 Å². The van der Waals surface area contributed by atoms with E-state index in [0.717, 1.165) is 6.42 Å². The zero-order chi connectivity index (χ0) is 40.9. The number of aromatic amines is 1. The van der Waals surface area contributed by atoms with Gasteiger partial charge in [-0.15, -0.1) is 0 Å². The zero-order valence-corrected chi connectivity index (χ0v) is 34.5. The topological polar surface area (TPSA) is 175 Å². The number of fused-ring (bicyclic) bond motifs is 3. The van der Waals surface area contributed by atoms with Crippen LogP contribution >= 0.6 is 34.8 Å². The van der Waals surface area contributed by atoms with Gasteiger partial charge in [0, 0.05) is 46.5 Å². The number of hydrogen-bond donors (Lipinski definition) is 5. The normalized spacial score (nSPS) is 43.4. The molecular formula is C43H49Cl3N2O9. The molecular weight excluding hydrogens is 795 g/mol. The van der Waals surface area contributed by atoms with Crippen LogP contribution in [0.25, 0.3) is 0 Å². The Bertz CT molecular complexity index is 2060. The fourth-order valence-electron chi connectivity index (χ4n) is 11.8. The molecule has 3 fully saturated rings. The SMILES string of the molecule is CC[C@@H]1C(C(=O)O)=C[C@]2(C)/C=C/C/C=C/C[C@@H]3C=C[C@]45C[C@]4(OC4CC(O)C(NC(=O)c6[nH]c(Cl)c(Cl)c6Cl)C(C)O4)[C@@H](C)CC[C@H]5C3C(=O)C3=C(O)C1C2C3=O. The minimum atomic E-state index is -1.09. The predicted octanol–water partition coefficient (Wildman–Crippen LogP) is 7.72. The Hall–Kier alpha value is -3.19. The third-order valence-corrected chi connectivity index (χ3v) is 15.8. The summed E-state index contributed by atoms with van der Waals surface area (Å²) in [6.07, 6.45) is 15.0. The fourth-order valence-corrected chi connectivity index (χ4v) is 12.4. The first-order valence-electron chi connectivity index (χ1n) is 20.0. The second kappa shape index (κ2) is 14.5. The van der Waals surface area contributed by atoms with Gasteiger partial charge in [-0.2, -0.15) is 0 Å². The Morgan fingerprint density at radius 1 is 1.05 bits per heavy atom. The number of ketones is 2. The number of aliphatic hydroxyl groups is 2. The lowest BCUT2D eigenvalue weighted by Gasteiger charge is -2.48. The summed E-state index contributed by atoms with van der Waals surface area (Å²) < 4.78 is 13.3. The summed E-state index contributed by atoms with van der Waals surface area (Å²) in [7, 11) is 0. The average Bonchev–Trinajstić information content (AvgIpc) is 3.64. The molecule has 7 unspecified atom stereocenters. The first-order valence-corrected chi connectivity index (χ1v) is 21.2. The second-order valence-electron chi connectivity index (χ2n) is 17.5. The maximum Gasteiger partial charge on any atom is 0.331 e. The van der Waals surface area contributed by atoms with Crippen molar-refractivity contribution in [3.63, 3.8) is 0 Å². The molecule has 11 nitrogen and oxygen atoms in total. The van der Waals surface area contributed by atoms with Gasteiger partial charge in [0.05, 0.1) is 39.5 Å². The van der Waals surface area contributed by atoms with Crippen LogP contribution in [0.3, 0.4) is 0 Å². The number of aromatic nitrogens is 1. The van der Waals surface area contributed by atoms with E-state index in [1.54, 1.807) is 13.0 Å². The number of H-pyrrole nitrogens is 1. The zero-order valence-electron chi connectivity index (χ0n) is 32.3. The lowest BCUT2D eigenvalue weighted by Crippen LogP contribution is -2.58. The van der Waals surface area contributed by atoms with Gasteiger partial charge in [0.2, 0.25) is 0 Å². The Balaban J connectivity index is 1.09. The molecule has 2 heterocycles. The highest BCUT2D eigenvalue weighted by atomic mass is 35.5. The molecule has 1 spiro atoms. The number of carboxylic acid groups (broad SMARTS) is 1. The highest BCUT2D eigenvalue weighted by Gasteiger charge is 2.77. The van der Waals surface area contributed by atoms with Crippen LogP contribution in [0.2, 0.25) is 15.2 Å². The summed E-state index contributed by atoms with van der Waals surface area (Å²) in [5.74, 6) is -6.07. The summed E-state index contributed by atoms with van der Waals surface area (Å²) >= 11 is 18.3. The number of halogens is 3. The van der Waals surface area contributed by atoms with Crippen LogP contribution in [0, 0.1) is 52.3 Å². The number of hydrogen-bond acceptors (Lipinski definition) is 8. The minimum absolute atomic E-state index is 0.0227. The molecule has 0 aromatic carbocycles. The molecule has 1 aliphatic heterocycles. The van der Waals surface area contributed by atoms with Crippen LogP contribution in [0.1, 0.15) is 83.1 Å². The second-order valence-corrected chi connectivity index (χ2v) is 18.6. The molecule has 6 aliphatic carbocycles. The Morgan fingerprint density at radius 3 is 2.47 bits per heavy atom. The first-order chi connectivity index (χ1) is 27.0. The maximum absolute atomic E-state index is 15.2. The van der Waals surface area contributed by atoms with Crippen molar-refractivity contribution in [3.8, 4) is 0 Å². The van der Waals surface area contributed by atoms with Crippen molar-refractivity contribution in [1.29, 1.82) is 0 Å². The van der Waals surface area contributed by atoms with Gasteiger partial charge in [0.1, 0.15) is 16.6 Å².